The molecule has 14 rings (SSSR count). The molecule has 6 fully saturated rings. The number of hydrogen-bond donors (Lipinski definition) is 9. The van der Waals surface area contributed by atoms with Gasteiger partial charge in [-0.2, -0.15) is 5.26 Å². The third kappa shape index (κ3) is 34.3. The van der Waals surface area contributed by atoms with E-state index in [9.17, 15) is 71.9 Å². The molecule has 8 heterocycles. The number of ether oxygens (including phenoxy) is 6. The number of alkyl halides is 12. The minimum atomic E-state index is -4.93. The molecule has 0 bridgehead atoms. The number of nitrogens with zero attached hydrogens (tertiary/aromatic N) is 15. The first-order valence-electron chi connectivity index (χ1n) is 44.4. The van der Waals surface area contributed by atoms with E-state index in [1.165, 1.54) is 93.1 Å². The zero-order valence-electron chi connectivity index (χ0n) is 77.1. The number of benzene rings is 4. The van der Waals surface area contributed by atoms with E-state index in [-0.39, 0.29) is 120 Å². The second-order valence-corrected chi connectivity index (χ2v) is 35.8. The molecule has 4 aliphatic heterocycles. The number of amides is 3. The number of nitrogens with two attached hydrogens (primary N) is 5. The van der Waals surface area contributed by atoms with E-state index in [1.807, 2.05) is 14.7 Å². The number of anilines is 11. The Bertz CT molecular complexity index is 5730. The van der Waals surface area contributed by atoms with Gasteiger partial charge in [-0.3, -0.25) is 20.2 Å². The highest BCUT2D eigenvalue weighted by Gasteiger charge is 2.39. The van der Waals surface area contributed by atoms with Crippen molar-refractivity contribution in [2.24, 2.45) is 11.8 Å². The maximum atomic E-state index is 13.0. The predicted molar refractivity (Wildman–Crippen MR) is 501 cm³/mol. The maximum Gasteiger partial charge on any atom is 0.573 e. The Morgan fingerprint density at radius 1 is 0.436 bits per heavy atom. The summed E-state index contributed by atoms with van der Waals surface area (Å²) in [5.41, 5.74) is 30.3. The Morgan fingerprint density at radius 2 is 0.764 bits per heavy atom. The molecule has 4 atom stereocenters. The van der Waals surface area contributed by atoms with Crippen LogP contribution in [0, 0.1) is 42.9 Å². The minimum Gasteiger partial charge on any atom is -0.444 e. The molecular formula is C92H106Cl2F12N24O10. The van der Waals surface area contributed by atoms with Crippen molar-refractivity contribution >= 4 is 127 Å². The molecule has 8 aromatic rings. The molecule has 140 heavy (non-hydrogen) atoms. The fraction of sp³-hybridized carbons (Fsp3) is 0.478. The summed E-state index contributed by atoms with van der Waals surface area (Å²) in [6.07, 6.45) is 0.638. The highest BCUT2D eigenvalue weighted by atomic mass is 35.5. The van der Waals surface area contributed by atoms with E-state index in [0.29, 0.717) is 62.3 Å². The van der Waals surface area contributed by atoms with E-state index >= 15 is 0 Å². The van der Waals surface area contributed by atoms with Gasteiger partial charge in [0.2, 0.25) is 11.1 Å². The van der Waals surface area contributed by atoms with Crippen LogP contribution in [0.25, 0.3) is 14.5 Å². The predicted octanol–water partition coefficient (Wildman–Crippen LogP) is 21.4. The molecule has 2 saturated carbocycles. The van der Waals surface area contributed by atoms with E-state index in [2.05, 4.69) is 94.6 Å². The average Bonchev–Trinajstić information content (AvgIpc) is 0.805. The third-order valence-electron chi connectivity index (χ3n) is 22.5. The monoisotopic (exact) mass is 2000 g/mol. The Labute approximate surface area is 809 Å². The van der Waals surface area contributed by atoms with Gasteiger partial charge in [0.15, 0.2) is 28.2 Å². The number of aromatic nitrogens is 8. The molecule has 4 aromatic heterocycles. The van der Waals surface area contributed by atoms with Crippen molar-refractivity contribution in [3.63, 3.8) is 0 Å². The quantitative estimate of drug-likeness (QED) is 0.0143. The molecule has 6 aliphatic rings. The van der Waals surface area contributed by atoms with Gasteiger partial charge in [0.1, 0.15) is 88.9 Å². The lowest BCUT2D eigenvalue weighted by Crippen LogP contribution is -2.35. The van der Waals surface area contributed by atoms with Crippen LogP contribution in [0.4, 0.5) is 143 Å². The van der Waals surface area contributed by atoms with Crippen LogP contribution < -0.4 is 83.6 Å². The summed E-state index contributed by atoms with van der Waals surface area (Å²) in [6, 6.07) is 19.0. The summed E-state index contributed by atoms with van der Waals surface area (Å²) in [5.74, 6) is -0.400. The van der Waals surface area contributed by atoms with E-state index in [4.69, 9.17) is 86.3 Å². The number of hydrogen-bond acceptors (Lipinski definition) is 28. The number of carbonyl (C=O) groups excluding carboxylic acids is 4. The molecule has 4 saturated heterocycles. The normalized spacial score (nSPS) is 17.5. The fourth-order valence-corrected chi connectivity index (χ4v) is 16.6. The minimum absolute atomic E-state index is 0.0145. The molecule has 48 heteroatoms. The van der Waals surface area contributed by atoms with Gasteiger partial charge >= 0.3 is 37.6 Å². The fourth-order valence-electron chi connectivity index (χ4n) is 16.2. The molecule has 4 aromatic carbocycles. The number of halogens is 14. The topological polar surface area (TPSA) is 452 Å². The number of nitriles is 1. The first-order chi connectivity index (χ1) is 66.0. The lowest BCUT2D eigenvalue weighted by Gasteiger charge is -2.34. The lowest BCUT2D eigenvalue weighted by molar-refractivity contribution is -0.275. The van der Waals surface area contributed by atoms with Crippen LogP contribution in [0.3, 0.4) is 0 Å². The summed E-state index contributed by atoms with van der Waals surface area (Å²) in [5, 5.41) is 19.0. The molecule has 34 nitrogen and oxygen atoms in total. The van der Waals surface area contributed by atoms with E-state index in [1.54, 1.807) is 71.9 Å². The van der Waals surface area contributed by atoms with Gasteiger partial charge in [0.25, 0.3) is 17.1 Å². The first kappa shape index (κ1) is 110. The van der Waals surface area contributed by atoms with Crippen molar-refractivity contribution in [2.45, 2.75) is 217 Å². The van der Waals surface area contributed by atoms with Crippen LogP contribution in [0.5, 0.6) is 23.0 Å². The largest absolute Gasteiger partial charge is 0.573 e. The highest BCUT2D eigenvalue weighted by Crippen LogP contribution is 2.45. The molecule has 0 spiro atoms. The Morgan fingerprint density at radius 3 is 1.08 bits per heavy atom. The van der Waals surface area contributed by atoms with Crippen LogP contribution in [-0.2, 0) is 19.1 Å². The standard InChI is InChI=1S/C24H27F3N6O2.C22H25F3N6O3.C17H17F3N6O.C17H23F3N2O3.C7H11ClO.C5H3ClN4/c1-29-20-21(28)30-14-31-22(20)33-11-5-8-17(13-33)16-9-10-19(35-24(25,26)27)18(12-16)32-23(34)15-6-3-2-4-7-15;1-21(2,3)34-20(32)30-15-10-13(7-8-16(15)33-22(23,24)25)14-6-5-9-31(11-14)19-17(27-4)18(26)28-12-29-19;1-23-14-15(22)24-9-25-16(14)26-6-2-3-11(8-26)10-4-5-13(12(21)7-10)27-17(18,19)20;1-16(2,3)25-15(23)22-13-9-11(12-5-4-8-21-10-12)6-7-14(13)24-17(18,19)20;8-7(9)6-4-2-1-3-5-6;6-4-3(1-7)5(8)10-2-9-4/h9-10,12,14-15,17H,2-8,11,13H2,(H,32,34)(H2,28,30,31);7-8,10,12,14H,5-6,9,11H2,1-3H3,(H,30,32)(H2,26,28,29);4-5,7,9,11H,2-3,6,8,21H2,(H2,22,24,25);6-7,9,12,21H,4-5,8,10H2,1-3H3,(H,22,23);6H,1-5H2;2H,(H2,8,9,10). The van der Waals surface area contributed by atoms with Crippen molar-refractivity contribution in [3.05, 3.63) is 165 Å². The summed E-state index contributed by atoms with van der Waals surface area (Å²) in [6.45, 7) is 37.2. The summed E-state index contributed by atoms with van der Waals surface area (Å²) in [7, 11) is 0. The second kappa shape index (κ2) is 49.6. The summed E-state index contributed by atoms with van der Waals surface area (Å²) >= 11 is 10.8. The van der Waals surface area contributed by atoms with Crippen molar-refractivity contribution in [3.8, 4) is 29.1 Å². The third-order valence-corrected chi connectivity index (χ3v) is 23.1. The van der Waals surface area contributed by atoms with Crippen molar-refractivity contribution in [2.75, 3.05) is 112 Å². The van der Waals surface area contributed by atoms with Gasteiger partial charge in [0, 0.05) is 75.4 Å². The van der Waals surface area contributed by atoms with Gasteiger partial charge in [-0.25, -0.2) is 64.0 Å². The summed E-state index contributed by atoms with van der Waals surface area (Å²) in [4.78, 5) is 95.0. The van der Waals surface area contributed by atoms with Crippen LogP contribution in [0.2, 0.25) is 5.15 Å². The highest BCUT2D eigenvalue weighted by molar-refractivity contribution is 6.64. The maximum absolute atomic E-state index is 13.0. The Kier molecular flexibility index (Phi) is 38.9. The van der Waals surface area contributed by atoms with Gasteiger partial charge in [0.05, 0.1) is 42.5 Å². The SMILES string of the molecule is CC(C)(C)OC(=O)Nc1cc(C2CCCNC2)ccc1OC(F)(F)F.N#Cc1c(N)ncnc1Cl.O=C(Cl)C1CCCCC1.[C-]#[N+]c1c(N)ncnc1N1CCCC(c2ccc(OC(F)(F)F)c(N)c2)C1.[C-]#[N+]c1c(N)ncnc1N1CCCC(c2ccc(OC(F)(F)F)c(NC(=O)C3CCCCC3)c2)C1.[C-]#[N+]c1c(N)ncnc1N1CCCC(c2ccc(OC(F)(F)F)c(NC(=O)OC(C)(C)C)c2)C1. The van der Waals surface area contributed by atoms with E-state index < -0.39 is 71.8 Å². The van der Waals surface area contributed by atoms with E-state index in [0.717, 1.165) is 126 Å². The van der Waals surface area contributed by atoms with Crippen molar-refractivity contribution < 1.29 is 100 Å². The molecule has 4 unspecified atom stereocenters. The lowest BCUT2D eigenvalue weighted by atomic mass is 9.88. The zero-order chi connectivity index (χ0) is 103. The molecule has 2 aliphatic carbocycles. The first-order valence-corrected chi connectivity index (χ1v) is 45.1. The van der Waals surface area contributed by atoms with Crippen molar-refractivity contribution in [1.29, 1.82) is 5.26 Å². The van der Waals surface area contributed by atoms with Crippen LogP contribution in [-0.4, -0.2) is 152 Å². The number of carbonyl (C=O) groups is 4. The van der Waals surface area contributed by atoms with Crippen LogP contribution >= 0.6 is 23.2 Å². The number of rotatable bonds is 16. The average molecular weight is 2010 g/mol. The van der Waals surface area contributed by atoms with Gasteiger partial charge in [-0.05, 0) is 213 Å². The smallest absolute Gasteiger partial charge is 0.444 e. The van der Waals surface area contributed by atoms with Crippen LogP contribution in [0.15, 0.2) is 98.1 Å². The molecular weight excluding hydrogens is 1900 g/mol. The summed E-state index contributed by atoms with van der Waals surface area (Å²) < 4.78 is 179. The number of nitrogen functional groups attached to an aromatic ring is 5. The number of nitrogens with one attached hydrogen (secondary N) is 4. The van der Waals surface area contributed by atoms with Gasteiger partial charge < -0.3 is 82.4 Å². The molecule has 752 valence electrons. The van der Waals surface area contributed by atoms with Crippen LogP contribution in [0.1, 0.15) is 209 Å². The second-order valence-electron chi connectivity index (χ2n) is 35.0. The molecule has 3 amide bonds. The van der Waals surface area contributed by atoms with Gasteiger partial charge in [-0.1, -0.05) is 74.4 Å². The molecule has 0 radical (unpaired) electrons. The Balaban J connectivity index is 0.000000197. The zero-order valence-corrected chi connectivity index (χ0v) is 78.6. The van der Waals surface area contributed by atoms with Crippen molar-refractivity contribution in [1.82, 2.24) is 45.2 Å². The molecule has 14 N–H and O–H groups in total. The van der Waals surface area contributed by atoms with Gasteiger partial charge in [-0.15, -0.1) is 52.7 Å². The Hall–Kier alpha value is -13.9. The number of piperidine rings is 4.